The molecule has 0 spiro atoms. The standard InChI is InChI=1S/C18H18N4O.2ClH/c19-10-17(14-4-2-1-3-5-14)18(23)22-16-8-6-13(7-9-16)15-11-20-21-12-15;;/h1-9,11-12,17H,10,19H2,(H,20,21)(H,22,23);2*1H. The molecule has 0 fully saturated rings. The minimum absolute atomic E-state index is 0. The topological polar surface area (TPSA) is 83.8 Å². The van der Waals surface area contributed by atoms with E-state index in [1.165, 1.54) is 0 Å². The van der Waals surface area contributed by atoms with Crippen LogP contribution in [0.2, 0.25) is 0 Å². The van der Waals surface area contributed by atoms with Gasteiger partial charge in [-0.15, -0.1) is 24.8 Å². The summed E-state index contributed by atoms with van der Waals surface area (Å²) in [5.41, 5.74) is 9.49. The Morgan fingerprint density at radius 2 is 1.72 bits per heavy atom. The first-order valence-corrected chi connectivity index (χ1v) is 7.43. The predicted molar refractivity (Wildman–Crippen MR) is 105 cm³/mol. The number of hydrogen-bond donors (Lipinski definition) is 3. The summed E-state index contributed by atoms with van der Waals surface area (Å²) in [6, 6.07) is 17.2. The van der Waals surface area contributed by atoms with Gasteiger partial charge in [-0.25, -0.2) is 0 Å². The maximum absolute atomic E-state index is 12.5. The van der Waals surface area contributed by atoms with Crippen LogP contribution in [0, 0.1) is 0 Å². The number of nitrogens with two attached hydrogens (primary N) is 1. The van der Waals surface area contributed by atoms with E-state index in [1.807, 2.05) is 60.8 Å². The highest BCUT2D eigenvalue weighted by Gasteiger charge is 2.18. The molecule has 4 N–H and O–H groups in total. The average molecular weight is 379 g/mol. The van der Waals surface area contributed by atoms with E-state index in [2.05, 4.69) is 15.5 Å². The zero-order valence-electron chi connectivity index (χ0n) is 13.4. The first-order chi connectivity index (χ1) is 11.3. The van der Waals surface area contributed by atoms with Crippen molar-refractivity contribution in [3.05, 3.63) is 72.6 Å². The minimum Gasteiger partial charge on any atom is -0.329 e. The lowest BCUT2D eigenvalue weighted by atomic mass is 9.98. The maximum Gasteiger partial charge on any atom is 0.233 e. The number of carbonyl (C=O) groups excluding carboxylic acids is 1. The largest absolute Gasteiger partial charge is 0.329 e. The van der Waals surface area contributed by atoms with Gasteiger partial charge in [0.15, 0.2) is 0 Å². The molecule has 7 heteroatoms. The van der Waals surface area contributed by atoms with Gasteiger partial charge in [0.2, 0.25) is 5.91 Å². The van der Waals surface area contributed by atoms with E-state index in [0.717, 1.165) is 22.4 Å². The van der Waals surface area contributed by atoms with Crippen molar-refractivity contribution < 1.29 is 4.79 Å². The molecule has 1 amide bonds. The van der Waals surface area contributed by atoms with Gasteiger partial charge in [0.05, 0.1) is 12.1 Å². The van der Waals surface area contributed by atoms with E-state index in [-0.39, 0.29) is 43.2 Å². The first kappa shape index (κ1) is 20.7. The zero-order valence-corrected chi connectivity index (χ0v) is 15.0. The van der Waals surface area contributed by atoms with Gasteiger partial charge in [0.25, 0.3) is 0 Å². The zero-order chi connectivity index (χ0) is 16.1. The maximum atomic E-state index is 12.5. The minimum atomic E-state index is -0.357. The van der Waals surface area contributed by atoms with Crippen LogP contribution in [0.1, 0.15) is 11.5 Å². The molecule has 1 aromatic heterocycles. The molecule has 0 bridgehead atoms. The lowest BCUT2D eigenvalue weighted by Gasteiger charge is -2.15. The van der Waals surface area contributed by atoms with Crippen LogP contribution in [0.25, 0.3) is 11.1 Å². The summed E-state index contributed by atoms with van der Waals surface area (Å²) in [7, 11) is 0. The number of nitrogens with zero attached hydrogens (tertiary/aromatic N) is 1. The lowest BCUT2D eigenvalue weighted by molar-refractivity contribution is -0.117. The van der Waals surface area contributed by atoms with Gasteiger partial charge in [-0.05, 0) is 23.3 Å². The van der Waals surface area contributed by atoms with Crippen molar-refractivity contribution in [3.63, 3.8) is 0 Å². The Morgan fingerprint density at radius 3 is 2.28 bits per heavy atom. The van der Waals surface area contributed by atoms with Crippen LogP contribution >= 0.6 is 24.8 Å². The molecule has 1 atom stereocenters. The molecule has 0 saturated heterocycles. The van der Waals surface area contributed by atoms with Crippen LogP contribution in [0.15, 0.2) is 67.0 Å². The Labute approximate surface area is 158 Å². The Balaban J connectivity index is 0.00000156. The second-order valence-electron chi connectivity index (χ2n) is 5.25. The fourth-order valence-electron chi connectivity index (χ4n) is 2.46. The van der Waals surface area contributed by atoms with E-state index in [1.54, 1.807) is 6.20 Å². The fourth-order valence-corrected chi connectivity index (χ4v) is 2.46. The molecular formula is C18H20Cl2N4O. The Bertz CT molecular complexity index is 762. The van der Waals surface area contributed by atoms with Crippen molar-refractivity contribution in [1.82, 2.24) is 10.2 Å². The molecule has 25 heavy (non-hydrogen) atoms. The third-order valence-corrected chi connectivity index (χ3v) is 3.74. The molecule has 5 nitrogen and oxygen atoms in total. The molecule has 0 radical (unpaired) electrons. The van der Waals surface area contributed by atoms with Gasteiger partial charge >= 0.3 is 0 Å². The van der Waals surface area contributed by atoms with Gasteiger partial charge in [-0.3, -0.25) is 9.89 Å². The van der Waals surface area contributed by atoms with Gasteiger partial charge < -0.3 is 11.1 Å². The number of rotatable bonds is 5. The highest BCUT2D eigenvalue weighted by atomic mass is 35.5. The molecule has 1 heterocycles. The van der Waals surface area contributed by atoms with Gasteiger partial charge in [-0.2, -0.15) is 5.10 Å². The van der Waals surface area contributed by atoms with Gasteiger partial charge in [0, 0.05) is 24.0 Å². The van der Waals surface area contributed by atoms with Crippen molar-refractivity contribution in [2.24, 2.45) is 5.73 Å². The number of aromatic amines is 1. The summed E-state index contributed by atoms with van der Waals surface area (Å²) < 4.78 is 0. The van der Waals surface area contributed by atoms with Crippen LogP contribution in [-0.2, 0) is 4.79 Å². The Morgan fingerprint density at radius 1 is 1.04 bits per heavy atom. The summed E-state index contributed by atoms with van der Waals surface area (Å²) >= 11 is 0. The SMILES string of the molecule is Cl.Cl.NCC(C(=O)Nc1ccc(-c2cn[nH]c2)cc1)c1ccccc1. The highest BCUT2D eigenvalue weighted by molar-refractivity contribution is 5.96. The van der Waals surface area contributed by atoms with Crippen LogP contribution in [-0.4, -0.2) is 22.6 Å². The lowest BCUT2D eigenvalue weighted by Crippen LogP contribution is -2.27. The summed E-state index contributed by atoms with van der Waals surface area (Å²) in [6.45, 7) is 0.267. The molecule has 0 aliphatic carbocycles. The number of benzene rings is 2. The Hall–Kier alpha value is -2.34. The highest BCUT2D eigenvalue weighted by Crippen LogP contribution is 2.21. The van der Waals surface area contributed by atoms with Crippen molar-refractivity contribution >= 4 is 36.4 Å². The van der Waals surface area contributed by atoms with Gasteiger partial charge in [-0.1, -0.05) is 42.5 Å². The smallest absolute Gasteiger partial charge is 0.233 e. The van der Waals surface area contributed by atoms with Crippen LogP contribution in [0.4, 0.5) is 5.69 Å². The van der Waals surface area contributed by atoms with E-state index < -0.39 is 0 Å². The molecule has 3 rings (SSSR count). The second kappa shape index (κ2) is 9.84. The van der Waals surface area contributed by atoms with Crippen LogP contribution in [0.5, 0.6) is 0 Å². The van der Waals surface area contributed by atoms with E-state index in [0.29, 0.717) is 0 Å². The second-order valence-corrected chi connectivity index (χ2v) is 5.25. The molecule has 1 unspecified atom stereocenters. The summed E-state index contributed by atoms with van der Waals surface area (Å²) in [4.78, 5) is 12.5. The number of nitrogens with one attached hydrogen (secondary N) is 2. The number of anilines is 1. The quantitative estimate of drug-likeness (QED) is 0.633. The number of amides is 1. The molecule has 2 aromatic carbocycles. The van der Waals surface area contributed by atoms with E-state index in [9.17, 15) is 4.79 Å². The molecule has 0 aliphatic heterocycles. The summed E-state index contributed by atoms with van der Waals surface area (Å²) in [5, 5.41) is 9.63. The summed E-state index contributed by atoms with van der Waals surface area (Å²) in [5.74, 6) is -0.459. The predicted octanol–water partition coefficient (Wildman–Crippen LogP) is 3.60. The Kier molecular flexibility index (Phi) is 8.15. The molecule has 3 aromatic rings. The summed E-state index contributed by atoms with van der Waals surface area (Å²) in [6.07, 6.45) is 3.58. The van der Waals surface area contributed by atoms with Crippen molar-refractivity contribution in [3.8, 4) is 11.1 Å². The molecule has 0 aliphatic rings. The third-order valence-electron chi connectivity index (χ3n) is 3.74. The van der Waals surface area contributed by atoms with E-state index in [4.69, 9.17) is 5.73 Å². The van der Waals surface area contributed by atoms with Crippen molar-refractivity contribution in [2.75, 3.05) is 11.9 Å². The number of H-pyrrole nitrogens is 1. The number of halogens is 2. The van der Waals surface area contributed by atoms with Crippen molar-refractivity contribution in [1.29, 1.82) is 0 Å². The fraction of sp³-hybridized carbons (Fsp3) is 0.111. The molecular weight excluding hydrogens is 359 g/mol. The average Bonchev–Trinajstić information content (AvgIpc) is 3.12. The van der Waals surface area contributed by atoms with Crippen LogP contribution < -0.4 is 11.1 Å². The normalized spacial score (nSPS) is 10.9. The molecule has 132 valence electrons. The first-order valence-electron chi connectivity index (χ1n) is 7.43. The van der Waals surface area contributed by atoms with Crippen molar-refractivity contribution in [2.45, 2.75) is 5.92 Å². The number of carbonyl (C=O) groups is 1. The van der Waals surface area contributed by atoms with E-state index >= 15 is 0 Å². The van der Waals surface area contributed by atoms with Gasteiger partial charge in [0.1, 0.15) is 0 Å². The monoisotopic (exact) mass is 378 g/mol. The van der Waals surface area contributed by atoms with Crippen LogP contribution in [0.3, 0.4) is 0 Å². The number of aromatic nitrogens is 2. The third kappa shape index (κ3) is 5.06. The number of hydrogen-bond acceptors (Lipinski definition) is 3. The molecule has 0 saturated carbocycles.